The van der Waals surface area contributed by atoms with E-state index in [0.29, 0.717) is 6.42 Å². The lowest BCUT2D eigenvalue weighted by Crippen LogP contribution is -2.55. The number of carbonyl (C=O) groups is 2. The minimum absolute atomic E-state index is 0.316. The molecule has 0 aliphatic rings. The predicted molar refractivity (Wildman–Crippen MR) is 61.7 cm³/mol. The van der Waals surface area contributed by atoms with E-state index >= 15 is 0 Å². The number of nitrogens with two attached hydrogens (primary N) is 1. The number of unbranched alkanes of at least 4 members (excludes halogenated alkanes) is 1. The molecule has 0 aromatic rings. The average molecular weight is 230 g/mol. The van der Waals surface area contributed by atoms with Crippen molar-refractivity contribution in [3.05, 3.63) is 0 Å². The van der Waals surface area contributed by atoms with Crippen LogP contribution in [0, 0.1) is 0 Å². The van der Waals surface area contributed by atoms with E-state index < -0.39 is 17.6 Å². The first-order valence-corrected chi connectivity index (χ1v) is 5.51. The largest absolute Gasteiger partial charge is 0.467 e. The minimum atomic E-state index is -1.03. The molecule has 0 saturated carbocycles. The van der Waals surface area contributed by atoms with E-state index in [-0.39, 0.29) is 5.91 Å². The Labute approximate surface area is 96.7 Å². The molecular formula is C11H22N2O3. The summed E-state index contributed by atoms with van der Waals surface area (Å²) in [5.41, 5.74) is 4.66. The predicted octanol–water partition coefficient (Wildman–Crippen LogP) is 0.572. The molecule has 1 unspecified atom stereocenters. The first-order chi connectivity index (χ1) is 7.35. The summed E-state index contributed by atoms with van der Waals surface area (Å²) in [7, 11) is 1.28. The Morgan fingerprint density at radius 2 is 2.00 bits per heavy atom. The third-order valence-electron chi connectivity index (χ3n) is 2.34. The Balaban J connectivity index is 4.27. The fourth-order valence-electron chi connectivity index (χ4n) is 1.26. The highest BCUT2D eigenvalue weighted by Gasteiger charge is 2.31. The number of hydrogen-bond donors (Lipinski definition) is 2. The maximum absolute atomic E-state index is 11.6. The Kier molecular flexibility index (Phi) is 6.03. The second-order valence-corrected chi connectivity index (χ2v) is 4.35. The van der Waals surface area contributed by atoms with E-state index in [2.05, 4.69) is 10.1 Å². The van der Waals surface area contributed by atoms with Gasteiger partial charge in [-0.2, -0.15) is 0 Å². The van der Waals surface area contributed by atoms with Gasteiger partial charge in [0, 0.05) is 0 Å². The minimum Gasteiger partial charge on any atom is -0.467 e. The average Bonchev–Trinajstić information content (AvgIpc) is 2.23. The van der Waals surface area contributed by atoms with Crippen LogP contribution in [0.2, 0.25) is 0 Å². The summed E-state index contributed by atoms with van der Waals surface area (Å²) in [6.45, 7) is 5.20. The van der Waals surface area contributed by atoms with Crippen LogP contribution in [0.3, 0.4) is 0 Å². The van der Waals surface area contributed by atoms with Crippen LogP contribution >= 0.6 is 0 Å². The van der Waals surface area contributed by atoms with Gasteiger partial charge in [-0.15, -0.1) is 0 Å². The molecule has 0 bridgehead atoms. The zero-order chi connectivity index (χ0) is 12.8. The van der Waals surface area contributed by atoms with Crippen LogP contribution in [-0.4, -0.2) is 30.6 Å². The van der Waals surface area contributed by atoms with E-state index in [1.54, 1.807) is 13.8 Å². The highest BCUT2D eigenvalue weighted by molar-refractivity contribution is 5.89. The number of hydrogen-bond acceptors (Lipinski definition) is 4. The third kappa shape index (κ3) is 4.61. The first kappa shape index (κ1) is 14.9. The van der Waals surface area contributed by atoms with Gasteiger partial charge in [0.05, 0.1) is 13.2 Å². The van der Waals surface area contributed by atoms with Crippen molar-refractivity contribution in [3.63, 3.8) is 0 Å². The molecule has 5 heteroatoms. The van der Waals surface area contributed by atoms with Crippen molar-refractivity contribution in [3.8, 4) is 0 Å². The molecule has 0 heterocycles. The molecule has 94 valence electrons. The smallest absolute Gasteiger partial charge is 0.330 e. The number of amides is 1. The van der Waals surface area contributed by atoms with E-state index in [0.717, 1.165) is 12.8 Å². The molecule has 0 radical (unpaired) electrons. The van der Waals surface area contributed by atoms with Gasteiger partial charge in [0.1, 0.15) is 5.54 Å². The maximum Gasteiger partial charge on any atom is 0.330 e. The SMILES string of the molecule is CCCCC(N)C(=O)NC(C)(C)C(=O)OC. The van der Waals surface area contributed by atoms with Crippen molar-refractivity contribution in [2.45, 2.75) is 51.6 Å². The summed E-state index contributed by atoms with van der Waals surface area (Å²) in [4.78, 5) is 23.0. The van der Waals surface area contributed by atoms with Crippen molar-refractivity contribution >= 4 is 11.9 Å². The highest BCUT2D eigenvalue weighted by atomic mass is 16.5. The number of nitrogens with one attached hydrogen (secondary N) is 1. The highest BCUT2D eigenvalue weighted by Crippen LogP contribution is 2.06. The molecule has 0 fully saturated rings. The molecule has 1 amide bonds. The lowest BCUT2D eigenvalue weighted by Gasteiger charge is -2.24. The summed E-state index contributed by atoms with van der Waals surface area (Å²) in [6.07, 6.45) is 2.51. The summed E-state index contributed by atoms with van der Waals surface area (Å²) >= 11 is 0. The van der Waals surface area contributed by atoms with Gasteiger partial charge in [-0.05, 0) is 20.3 Å². The van der Waals surface area contributed by atoms with Gasteiger partial charge in [0.2, 0.25) is 5.91 Å². The Morgan fingerprint density at radius 3 is 2.44 bits per heavy atom. The molecule has 0 aromatic heterocycles. The van der Waals surface area contributed by atoms with Crippen molar-refractivity contribution in [2.75, 3.05) is 7.11 Å². The quantitative estimate of drug-likeness (QED) is 0.654. The van der Waals surface area contributed by atoms with Crippen LogP contribution in [0.1, 0.15) is 40.0 Å². The monoisotopic (exact) mass is 230 g/mol. The molecule has 0 spiro atoms. The van der Waals surface area contributed by atoms with Crippen molar-refractivity contribution in [1.82, 2.24) is 5.32 Å². The Bertz CT molecular complexity index is 252. The molecule has 1 atom stereocenters. The zero-order valence-corrected chi connectivity index (χ0v) is 10.5. The number of rotatable bonds is 6. The summed E-state index contributed by atoms with van der Waals surface area (Å²) in [6, 6.07) is -0.566. The van der Waals surface area contributed by atoms with E-state index in [1.165, 1.54) is 7.11 Å². The van der Waals surface area contributed by atoms with Crippen LogP contribution in [0.4, 0.5) is 0 Å². The Morgan fingerprint density at radius 1 is 1.44 bits per heavy atom. The number of methoxy groups -OCH3 is 1. The van der Waals surface area contributed by atoms with Gasteiger partial charge in [0.25, 0.3) is 0 Å². The fraction of sp³-hybridized carbons (Fsp3) is 0.818. The van der Waals surface area contributed by atoms with Crippen molar-refractivity contribution in [2.24, 2.45) is 5.73 Å². The fourth-order valence-corrected chi connectivity index (χ4v) is 1.26. The van der Waals surface area contributed by atoms with Gasteiger partial charge in [0.15, 0.2) is 0 Å². The van der Waals surface area contributed by atoms with Gasteiger partial charge in [-0.1, -0.05) is 19.8 Å². The molecule has 0 aliphatic heterocycles. The summed E-state index contributed by atoms with van der Waals surface area (Å²) in [5, 5.41) is 2.58. The third-order valence-corrected chi connectivity index (χ3v) is 2.34. The van der Waals surface area contributed by atoms with Gasteiger partial charge in [-0.25, -0.2) is 4.79 Å². The van der Waals surface area contributed by atoms with E-state index in [9.17, 15) is 9.59 Å². The normalized spacial score (nSPS) is 13.1. The number of carbonyl (C=O) groups excluding carboxylic acids is 2. The van der Waals surface area contributed by atoms with Crippen LogP contribution < -0.4 is 11.1 Å². The van der Waals surface area contributed by atoms with Gasteiger partial charge in [-0.3, -0.25) is 4.79 Å². The number of esters is 1. The first-order valence-electron chi connectivity index (χ1n) is 5.51. The van der Waals surface area contributed by atoms with Gasteiger partial charge < -0.3 is 15.8 Å². The maximum atomic E-state index is 11.6. The molecular weight excluding hydrogens is 208 g/mol. The van der Waals surface area contributed by atoms with Crippen LogP contribution in [0.15, 0.2) is 0 Å². The summed E-state index contributed by atoms with van der Waals surface area (Å²) in [5.74, 6) is -0.799. The van der Waals surface area contributed by atoms with Crippen LogP contribution in [0.25, 0.3) is 0 Å². The van der Waals surface area contributed by atoms with E-state index in [1.807, 2.05) is 6.92 Å². The number of ether oxygens (including phenoxy) is 1. The zero-order valence-electron chi connectivity index (χ0n) is 10.5. The molecule has 0 saturated heterocycles. The second-order valence-electron chi connectivity index (χ2n) is 4.35. The Hall–Kier alpha value is -1.10. The van der Waals surface area contributed by atoms with Crippen LogP contribution in [-0.2, 0) is 14.3 Å². The lowest BCUT2D eigenvalue weighted by atomic mass is 10.0. The molecule has 0 aliphatic carbocycles. The topological polar surface area (TPSA) is 81.4 Å². The lowest BCUT2D eigenvalue weighted by molar-refractivity contribution is -0.149. The molecule has 3 N–H and O–H groups in total. The second kappa shape index (κ2) is 6.48. The van der Waals surface area contributed by atoms with Crippen molar-refractivity contribution < 1.29 is 14.3 Å². The molecule has 5 nitrogen and oxygen atoms in total. The molecule has 0 rings (SSSR count). The van der Waals surface area contributed by atoms with Gasteiger partial charge >= 0.3 is 5.97 Å². The standard InChI is InChI=1S/C11H22N2O3/c1-5-6-7-8(12)9(14)13-11(2,3)10(15)16-4/h8H,5-7,12H2,1-4H3,(H,13,14). The van der Waals surface area contributed by atoms with Crippen LogP contribution in [0.5, 0.6) is 0 Å². The van der Waals surface area contributed by atoms with E-state index in [4.69, 9.17) is 5.73 Å². The van der Waals surface area contributed by atoms with Crippen molar-refractivity contribution in [1.29, 1.82) is 0 Å². The summed E-state index contributed by atoms with van der Waals surface area (Å²) < 4.78 is 4.58. The molecule has 16 heavy (non-hydrogen) atoms. The molecule has 0 aromatic carbocycles.